The van der Waals surface area contributed by atoms with E-state index in [1.54, 1.807) is 0 Å². The summed E-state index contributed by atoms with van der Waals surface area (Å²) >= 11 is 2.36. The Morgan fingerprint density at radius 2 is 1.71 bits per heavy atom. The average molecular weight is 338 g/mol. The highest BCUT2D eigenvalue weighted by atomic mass is 127. The van der Waals surface area contributed by atoms with Crippen LogP contribution >= 0.6 is 22.6 Å². The van der Waals surface area contributed by atoms with Gasteiger partial charge >= 0.3 is 0 Å². The van der Waals surface area contributed by atoms with Gasteiger partial charge in [-0.3, -0.25) is 0 Å². The van der Waals surface area contributed by atoms with Gasteiger partial charge in [0, 0.05) is 3.57 Å². The first-order valence-corrected chi connectivity index (χ1v) is 6.78. The lowest BCUT2D eigenvalue weighted by atomic mass is 9.96. The van der Waals surface area contributed by atoms with E-state index in [4.69, 9.17) is 0 Å². The van der Waals surface area contributed by atoms with Crippen molar-refractivity contribution in [2.45, 2.75) is 27.7 Å². The summed E-state index contributed by atoms with van der Waals surface area (Å²) in [7, 11) is 0. The molecule has 0 saturated heterocycles. The van der Waals surface area contributed by atoms with Crippen molar-refractivity contribution in [1.29, 1.82) is 0 Å². The maximum absolute atomic E-state index is 4.22. The molecule has 1 aromatic rings. The van der Waals surface area contributed by atoms with Crippen molar-refractivity contribution >= 4 is 28.2 Å². The first kappa shape index (κ1) is 14.2. The van der Waals surface area contributed by atoms with E-state index in [1.165, 1.54) is 25.9 Å². The predicted molar refractivity (Wildman–Crippen MR) is 86.0 cm³/mol. The molecule has 0 atom stereocenters. The zero-order valence-electron chi connectivity index (χ0n) is 11.0. The highest BCUT2D eigenvalue weighted by Crippen LogP contribution is 2.27. The third-order valence-corrected chi connectivity index (χ3v) is 3.69. The van der Waals surface area contributed by atoms with Gasteiger partial charge in [-0.15, -0.1) is 0 Å². The van der Waals surface area contributed by atoms with Crippen LogP contribution in [-0.2, 0) is 0 Å². The molecule has 0 amide bonds. The first-order valence-electron chi connectivity index (χ1n) is 5.70. The Bertz CT molecular complexity index is 486. The van der Waals surface area contributed by atoms with E-state index in [1.807, 2.05) is 0 Å². The molecule has 0 heterocycles. The number of rotatable bonds is 3. The minimum absolute atomic E-state index is 1.12. The van der Waals surface area contributed by atoms with Gasteiger partial charge in [-0.2, -0.15) is 0 Å². The molecule has 1 rings (SSSR count). The van der Waals surface area contributed by atoms with Gasteiger partial charge in [0.1, 0.15) is 0 Å². The van der Waals surface area contributed by atoms with Crippen LogP contribution in [-0.4, -0.2) is 0 Å². The second-order valence-corrected chi connectivity index (χ2v) is 5.65. The van der Waals surface area contributed by atoms with Crippen LogP contribution in [0.4, 0.5) is 0 Å². The Labute approximate surface area is 118 Å². The van der Waals surface area contributed by atoms with Crippen molar-refractivity contribution in [2.75, 3.05) is 0 Å². The molecule has 0 saturated carbocycles. The van der Waals surface area contributed by atoms with Crippen LogP contribution in [0.3, 0.4) is 0 Å². The van der Waals surface area contributed by atoms with E-state index >= 15 is 0 Å². The third-order valence-electron chi connectivity index (χ3n) is 2.75. The number of benzene rings is 1. The normalized spacial score (nSPS) is 11.8. The highest BCUT2D eigenvalue weighted by Gasteiger charge is 2.06. The molecule has 0 spiro atoms. The summed E-state index contributed by atoms with van der Waals surface area (Å²) in [5, 5.41) is 0. The maximum Gasteiger partial charge on any atom is 0.0208 e. The molecule has 1 aromatic carbocycles. The molecule has 0 aliphatic heterocycles. The van der Waals surface area contributed by atoms with Gasteiger partial charge in [0.05, 0.1) is 0 Å². The molecule has 0 radical (unpaired) electrons. The fourth-order valence-electron chi connectivity index (χ4n) is 1.69. The summed E-state index contributed by atoms with van der Waals surface area (Å²) in [6.45, 7) is 12.7. The van der Waals surface area contributed by atoms with E-state index in [-0.39, 0.29) is 0 Å². The molecule has 0 bridgehead atoms. The molecule has 0 aromatic heterocycles. The molecule has 90 valence electrons. The SMILES string of the molecule is C=C(/C(C)=C(/C)C=C(C)C)c1ccccc1I. The lowest BCUT2D eigenvalue weighted by Crippen LogP contribution is -1.91. The number of hydrogen-bond donors (Lipinski definition) is 0. The molecular weight excluding hydrogens is 319 g/mol. The lowest BCUT2D eigenvalue weighted by molar-refractivity contribution is 1.31. The van der Waals surface area contributed by atoms with Crippen molar-refractivity contribution in [3.05, 3.63) is 62.8 Å². The standard InChI is InChI=1S/C16H19I/c1-11(2)10-12(3)13(4)14(5)15-8-6-7-9-16(15)17/h6-10H,5H2,1-4H3/b13-12-. The zero-order valence-corrected chi connectivity index (χ0v) is 13.1. The molecule has 0 N–H and O–H groups in total. The quantitative estimate of drug-likeness (QED) is 0.497. The van der Waals surface area contributed by atoms with Crippen LogP contribution in [0.15, 0.2) is 53.6 Å². The lowest BCUT2D eigenvalue weighted by Gasteiger charge is -2.11. The Morgan fingerprint density at radius 3 is 2.24 bits per heavy atom. The second-order valence-electron chi connectivity index (χ2n) is 4.49. The minimum Gasteiger partial charge on any atom is -0.0908 e. The fourth-order valence-corrected chi connectivity index (χ4v) is 2.40. The fraction of sp³-hybridized carbons (Fsp3) is 0.250. The Morgan fingerprint density at radius 1 is 1.12 bits per heavy atom. The van der Waals surface area contributed by atoms with Crippen molar-refractivity contribution in [3.63, 3.8) is 0 Å². The van der Waals surface area contributed by atoms with Crippen LogP contribution in [0, 0.1) is 3.57 Å². The Balaban J connectivity index is 3.15. The van der Waals surface area contributed by atoms with Gasteiger partial charge in [-0.1, -0.05) is 36.4 Å². The van der Waals surface area contributed by atoms with Crippen molar-refractivity contribution in [2.24, 2.45) is 0 Å². The summed E-state index contributed by atoms with van der Waals surface area (Å²) in [5.74, 6) is 0. The van der Waals surface area contributed by atoms with Gasteiger partial charge in [0.25, 0.3) is 0 Å². The maximum atomic E-state index is 4.22. The van der Waals surface area contributed by atoms with E-state index < -0.39 is 0 Å². The molecule has 0 aliphatic rings. The van der Waals surface area contributed by atoms with Crippen LogP contribution in [0.1, 0.15) is 33.3 Å². The molecule has 17 heavy (non-hydrogen) atoms. The van der Waals surface area contributed by atoms with Crippen LogP contribution < -0.4 is 0 Å². The van der Waals surface area contributed by atoms with Gasteiger partial charge in [-0.25, -0.2) is 0 Å². The first-order chi connectivity index (χ1) is 7.93. The Kier molecular flexibility index (Phi) is 5.19. The summed E-state index contributed by atoms with van der Waals surface area (Å²) in [6.07, 6.45) is 2.20. The Hall–Kier alpha value is -0.830. The molecule has 0 fully saturated rings. The highest BCUT2D eigenvalue weighted by molar-refractivity contribution is 14.1. The summed E-state index contributed by atoms with van der Waals surface area (Å²) < 4.78 is 1.25. The zero-order chi connectivity index (χ0) is 13.0. The summed E-state index contributed by atoms with van der Waals surface area (Å²) in [4.78, 5) is 0. The second kappa shape index (κ2) is 6.20. The number of allylic oxidation sites excluding steroid dienone is 5. The summed E-state index contributed by atoms with van der Waals surface area (Å²) in [6, 6.07) is 8.36. The molecular formula is C16H19I. The van der Waals surface area contributed by atoms with Gasteiger partial charge in [0.15, 0.2) is 0 Å². The smallest absolute Gasteiger partial charge is 0.0208 e. The number of hydrogen-bond acceptors (Lipinski definition) is 0. The van der Waals surface area contributed by atoms with Crippen LogP contribution in [0.25, 0.3) is 5.57 Å². The van der Waals surface area contributed by atoms with Crippen molar-refractivity contribution < 1.29 is 0 Å². The molecule has 0 unspecified atom stereocenters. The monoisotopic (exact) mass is 338 g/mol. The van der Waals surface area contributed by atoms with E-state index in [0.29, 0.717) is 0 Å². The molecule has 0 aliphatic carbocycles. The number of halogens is 1. The molecule has 1 heteroatoms. The van der Waals surface area contributed by atoms with Crippen LogP contribution in [0.2, 0.25) is 0 Å². The van der Waals surface area contributed by atoms with Crippen molar-refractivity contribution in [1.82, 2.24) is 0 Å². The van der Waals surface area contributed by atoms with Crippen molar-refractivity contribution in [3.8, 4) is 0 Å². The van der Waals surface area contributed by atoms with Gasteiger partial charge in [-0.05, 0) is 78.6 Å². The van der Waals surface area contributed by atoms with Gasteiger partial charge in [0.2, 0.25) is 0 Å². The predicted octanol–water partition coefficient (Wildman–Crippen LogP) is 5.61. The van der Waals surface area contributed by atoms with E-state index in [2.05, 4.69) is 87.2 Å². The van der Waals surface area contributed by atoms with E-state index in [9.17, 15) is 0 Å². The molecule has 0 nitrogen and oxygen atoms in total. The van der Waals surface area contributed by atoms with E-state index in [0.717, 1.165) is 5.57 Å². The van der Waals surface area contributed by atoms with Crippen LogP contribution in [0.5, 0.6) is 0 Å². The summed E-state index contributed by atoms with van der Waals surface area (Å²) in [5.41, 5.74) is 6.21. The van der Waals surface area contributed by atoms with Gasteiger partial charge < -0.3 is 0 Å². The topological polar surface area (TPSA) is 0 Å². The third kappa shape index (κ3) is 3.84. The largest absolute Gasteiger partial charge is 0.0908 e. The average Bonchev–Trinajstić information content (AvgIpc) is 2.27. The minimum atomic E-state index is 1.12.